The van der Waals surface area contributed by atoms with Gasteiger partial charge in [-0.05, 0) is 73.8 Å². The fourth-order valence-electron chi connectivity index (χ4n) is 6.65. The largest absolute Gasteiger partial charge is 0.387 e. The Bertz CT molecular complexity index is 1890. The first-order valence-electron chi connectivity index (χ1n) is 17.6. The molecule has 5 heteroatoms. The van der Waals surface area contributed by atoms with Gasteiger partial charge in [-0.3, -0.25) is 0 Å². The van der Waals surface area contributed by atoms with Gasteiger partial charge in [-0.2, -0.15) is 0 Å². The summed E-state index contributed by atoms with van der Waals surface area (Å²) in [5, 5.41) is 4.73. The van der Waals surface area contributed by atoms with E-state index in [-0.39, 0.29) is 0 Å². The summed E-state index contributed by atoms with van der Waals surface area (Å²) in [5.74, 6) is 1.45. The van der Waals surface area contributed by atoms with E-state index in [2.05, 4.69) is 102 Å². The maximum atomic E-state index is 6.66. The van der Waals surface area contributed by atoms with Crippen molar-refractivity contribution in [3.8, 4) is 11.3 Å². The highest BCUT2D eigenvalue weighted by Crippen LogP contribution is 2.38. The van der Waals surface area contributed by atoms with Crippen LogP contribution in [0.3, 0.4) is 0 Å². The summed E-state index contributed by atoms with van der Waals surface area (Å²) in [7, 11) is 0. The summed E-state index contributed by atoms with van der Waals surface area (Å²) in [6, 6.07) is 18.3. The van der Waals surface area contributed by atoms with Gasteiger partial charge in [0.1, 0.15) is 5.82 Å². The van der Waals surface area contributed by atoms with Crippen molar-refractivity contribution in [2.75, 3.05) is 6.54 Å². The quantitative estimate of drug-likeness (QED) is 0.227. The number of imidazole rings is 1. The fraction of sp³-hybridized carbons (Fsp3) is 0.250. The summed E-state index contributed by atoms with van der Waals surface area (Å²) in [5.41, 5.74) is 9.29. The van der Waals surface area contributed by atoms with Crippen LogP contribution in [-0.2, 0) is 6.54 Å². The lowest BCUT2D eigenvalue weighted by Crippen LogP contribution is -2.15. The van der Waals surface area contributed by atoms with Crippen LogP contribution in [0.15, 0.2) is 150 Å². The average molecular weight is 687 g/mol. The predicted octanol–water partition coefficient (Wildman–Crippen LogP) is 12.2. The Morgan fingerprint density at radius 2 is 1.69 bits per heavy atom. The Labute approximate surface area is 302 Å². The molecule has 1 unspecified atom stereocenters. The molecule has 3 aliphatic carbocycles. The molecule has 0 radical (unpaired) electrons. The van der Waals surface area contributed by atoms with Crippen LogP contribution >= 0.6 is 23.2 Å². The third-order valence-electron chi connectivity index (χ3n) is 9.12. The first-order valence-corrected chi connectivity index (χ1v) is 18.3. The molecule has 2 aromatic carbocycles. The van der Waals surface area contributed by atoms with E-state index >= 15 is 0 Å². The van der Waals surface area contributed by atoms with E-state index in [0.717, 1.165) is 64.6 Å². The van der Waals surface area contributed by atoms with Crippen LogP contribution in [0.4, 0.5) is 0 Å². The third-order valence-corrected chi connectivity index (χ3v) is 9.84. The highest BCUT2D eigenvalue weighted by molar-refractivity contribution is 6.37. The van der Waals surface area contributed by atoms with E-state index in [1.54, 1.807) is 5.57 Å². The minimum Gasteiger partial charge on any atom is -0.387 e. The monoisotopic (exact) mass is 685 g/mol. The molecule has 1 aliphatic heterocycles. The lowest BCUT2D eigenvalue weighted by atomic mass is 9.86. The average Bonchev–Trinajstić information content (AvgIpc) is 3.53. The Kier molecular flexibility index (Phi) is 12.3. The van der Waals surface area contributed by atoms with Gasteiger partial charge in [-0.15, -0.1) is 0 Å². The van der Waals surface area contributed by atoms with Gasteiger partial charge in [0.15, 0.2) is 0 Å². The molecular weight excluding hydrogens is 641 g/mol. The van der Waals surface area contributed by atoms with Crippen molar-refractivity contribution >= 4 is 34.3 Å². The van der Waals surface area contributed by atoms with Gasteiger partial charge in [-0.25, -0.2) is 4.98 Å². The van der Waals surface area contributed by atoms with Crippen LogP contribution in [0.1, 0.15) is 69.0 Å². The van der Waals surface area contributed by atoms with Gasteiger partial charge in [0, 0.05) is 29.2 Å². The van der Waals surface area contributed by atoms with Gasteiger partial charge in [0.25, 0.3) is 0 Å². The molecule has 2 heterocycles. The van der Waals surface area contributed by atoms with Crippen LogP contribution in [-0.4, -0.2) is 16.1 Å². The van der Waals surface area contributed by atoms with Crippen LogP contribution < -0.4 is 5.32 Å². The molecule has 1 aromatic heterocycles. The predicted molar refractivity (Wildman–Crippen MR) is 210 cm³/mol. The lowest BCUT2D eigenvalue weighted by molar-refractivity contribution is 0.733. The maximum absolute atomic E-state index is 6.66. The minimum atomic E-state index is 0.594. The van der Waals surface area contributed by atoms with Crippen LogP contribution in [0, 0.1) is 5.92 Å². The van der Waals surface area contributed by atoms with E-state index < -0.39 is 0 Å². The third kappa shape index (κ3) is 8.84. The first-order chi connectivity index (χ1) is 24.1. The lowest BCUT2D eigenvalue weighted by Gasteiger charge is -2.19. The van der Waals surface area contributed by atoms with Gasteiger partial charge in [-0.1, -0.05) is 151 Å². The molecule has 0 amide bonds. The van der Waals surface area contributed by atoms with Gasteiger partial charge < -0.3 is 9.88 Å². The molecule has 3 nitrogen and oxygen atoms in total. The summed E-state index contributed by atoms with van der Waals surface area (Å²) >= 11 is 13.2. The molecule has 1 N–H and O–H groups in total. The molecule has 250 valence electrons. The number of hydrogen-bond donors (Lipinski definition) is 1. The standard InChI is InChI=1S/C27H23Cl2N3.C17H22/c28-23-14-8-7-13-21(23)18-32-26(20-11-5-2-6-12-20)25(19-9-3-1-4-10-19)31-27(32)22-17-30-16-15-24(22)29;1-2-9-17(16-12-7-4-8-13-16)14-15-10-5-3-6-11-15/h1,3-5,7-15,17,30H,2,6,16,18H2;4-5,7-12,16H,2-3,6,13-14H2,1H3/b;17-9-. The van der Waals surface area contributed by atoms with Crippen molar-refractivity contribution in [2.45, 2.75) is 58.4 Å². The zero-order valence-corrected chi connectivity index (χ0v) is 29.8. The van der Waals surface area contributed by atoms with Crippen molar-refractivity contribution in [2.24, 2.45) is 5.92 Å². The normalized spacial score (nSPS) is 18.5. The number of aromatic nitrogens is 2. The van der Waals surface area contributed by atoms with E-state index in [4.69, 9.17) is 28.2 Å². The van der Waals surface area contributed by atoms with Crippen LogP contribution in [0.2, 0.25) is 5.02 Å². The van der Waals surface area contributed by atoms with Gasteiger partial charge in [0.05, 0.1) is 28.5 Å². The molecule has 0 spiro atoms. The number of allylic oxidation sites excluding steroid dienone is 16. The number of halogens is 2. The van der Waals surface area contributed by atoms with E-state index in [1.807, 2.05) is 48.7 Å². The van der Waals surface area contributed by atoms with E-state index in [1.165, 1.54) is 30.4 Å². The molecular formula is C44H45Cl2N3. The minimum absolute atomic E-state index is 0.594. The highest BCUT2D eigenvalue weighted by Gasteiger charge is 2.25. The Morgan fingerprint density at radius 1 is 0.898 bits per heavy atom. The maximum Gasteiger partial charge on any atom is 0.144 e. The Morgan fingerprint density at radius 3 is 2.39 bits per heavy atom. The Balaban J connectivity index is 0.000000207. The molecule has 4 aliphatic rings. The topological polar surface area (TPSA) is 29.9 Å². The molecule has 0 saturated heterocycles. The zero-order valence-electron chi connectivity index (χ0n) is 28.3. The SMILES string of the molecule is CC/C=C(/CC1=CCCC=C1)C1C=CC=CC1.ClC1=CCNC=C1c1nc(-c2ccccc2)c(C2=CCCC=C2)n1Cc1ccccc1Cl. The number of dihydropyridines is 1. The van der Waals surface area contributed by atoms with Crippen molar-refractivity contribution in [1.82, 2.24) is 14.9 Å². The van der Waals surface area contributed by atoms with Crippen molar-refractivity contribution in [3.63, 3.8) is 0 Å². The second-order valence-corrected chi connectivity index (χ2v) is 13.4. The number of rotatable bonds is 9. The van der Waals surface area contributed by atoms with Crippen LogP contribution in [0.25, 0.3) is 22.4 Å². The van der Waals surface area contributed by atoms with Crippen molar-refractivity contribution < 1.29 is 0 Å². The summed E-state index contributed by atoms with van der Waals surface area (Å²) in [6.45, 7) is 3.53. The number of nitrogens with zero attached hydrogens (tertiary/aromatic N) is 2. The molecule has 7 rings (SSSR count). The van der Waals surface area contributed by atoms with Gasteiger partial charge in [0.2, 0.25) is 0 Å². The number of nitrogens with one attached hydrogen (secondary N) is 1. The van der Waals surface area contributed by atoms with E-state index in [0.29, 0.717) is 24.0 Å². The summed E-state index contributed by atoms with van der Waals surface area (Å²) in [4.78, 5) is 5.17. The highest BCUT2D eigenvalue weighted by atomic mass is 35.5. The molecule has 0 fully saturated rings. The second kappa shape index (κ2) is 17.4. The fourth-order valence-corrected chi connectivity index (χ4v) is 7.07. The summed E-state index contributed by atoms with van der Waals surface area (Å²) in [6.07, 6.45) is 36.9. The van der Waals surface area contributed by atoms with Crippen molar-refractivity contribution in [1.29, 1.82) is 0 Å². The zero-order chi connectivity index (χ0) is 33.8. The molecule has 0 saturated carbocycles. The Hall–Kier alpha value is -4.31. The van der Waals surface area contributed by atoms with Gasteiger partial charge >= 0.3 is 0 Å². The molecule has 3 aromatic rings. The first kappa shape index (κ1) is 34.5. The molecule has 1 atom stereocenters. The van der Waals surface area contributed by atoms with Crippen molar-refractivity contribution in [3.05, 3.63) is 172 Å². The smallest absolute Gasteiger partial charge is 0.144 e. The number of hydrogen-bond acceptors (Lipinski definition) is 2. The van der Waals surface area contributed by atoms with E-state index in [9.17, 15) is 0 Å². The molecule has 0 bridgehead atoms. The summed E-state index contributed by atoms with van der Waals surface area (Å²) < 4.78 is 2.25. The second-order valence-electron chi connectivity index (χ2n) is 12.6. The number of benzene rings is 2. The van der Waals surface area contributed by atoms with Crippen LogP contribution in [0.5, 0.6) is 0 Å². The molecule has 49 heavy (non-hydrogen) atoms.